The average molecular weight is 291 g/mol. The zero-order valence-electron chi connectivity index (χ0n) is 12.4. The summed E-state index contributed by atoms with van der Waals surface area (Å²) >= 11 is 0. The Kier molecular flexibility index (Phi) is 4.67. The molecule has 21 heavy (non-hydrogen) atoms. The molecule has 1 unspecified atom stereocenters. The largest absolute Gasteiger partial charge is 0.495 e. The number of carbonyl (C=O) groups is 2. The van der Waals surface area contributed by atoms with Crippen LogP contribution < -0.4 is 15.8 Å². The average Bonchev–Trinajstić information content (AvgIpc) is 2.54. The number of nitrogens with one attached hydrogen (secondary N) is 1. The number of methoxy groups -OCH3 is 1. The van der Waals surface area contributed by atoms with Gasteiger partial charge < -0.3 is 20.7 Å². The molecule has 1 aromatic carbocycles. The van der Waals surface area contributed by atoms with Crippen molar-refractivity contribution in [3.8, 4) is 5.75 Å². The third-order valence-electron chi connectivity index (χ3n) is 3.79. The number of hydrogen-bond donors (Lipinski definition) is 2. The molecule has 0 aromatic heterocycles. The summed E-state index contributed by atoms with van der Waals surface area (Å²) in [6.07, 6.45) is 2.55. The molecular formula is C15H21N3O3. The summed E-state index contributed by atoms with van der Waals surface area (Å²) in [5, 5.41) is 2.63. The quantitative estimate of drug-likeness (QED) is 0.814. The van der Waals surface area contributed by atoms with Crippen LogP contribution in [0.2, 0.25) is 0 Å². The minimum Gasteiger partial charge on any atom is -0.495 e. The van der Waals surface area contributed by atoms with Crippen molar-refractivity contribution >= 4 is 17.5 Å². The fourth-order valence-corrected chi connectivity index (χ4v) is 2.62. The van der Waals surface area contributed by atoms with Gasteiger partial charge in [0.2, 0.25) is 5.91 Å². The first kappa shape index (κ1) is 15.2. The molecule has 2 rings (SSSR count). The van der Waals surface area contributed by atoms with Crippen molar-refractivity contribution in [3.63, 3.8) is 0 Å². The third kappa shape index (κ3) is 3.09. The fourth-order valence-electron chi connectivity index (χ4n) is 2.62. The minimum absolute atomic E-state index is 0.120. The standard InChI is InChI=1S/C15H21N3O3/c1-17-14(19)12-5-3-4-8-18(12)15(20)10-6-7-11(16)13(9-10)21-2/h6-7,9,12H,3-5,8,16H2,1-2H3,(H,17,19). The van der Waals surface area contributed by atoms with E-state index in [0.29, 0.717) is 30.0 Å². The van der Waals surface area contributed by atoms with Crippen LogP contribution in [0.15, 0.2) is 18.2 Å². The maximum Gasteiger partial charge on any atom is 0.254 e. The molecule has 114 valence electrons. The molecule has 1 heterocycles. The molecule has 1 aliphatic heterocycles. The Morgan fingerprint density at radius 2 is 2.14 bits per heavy atom. The number of ether oxygens (including phenoxy) is 1. The van der Waals surface area contributed by atoms with Crippen LogP contribution in [0.1, 0.15) is 29.6 Å². The molecule has 1 atom stereocenters. The van der Waals surface area contributed by atoms with Crippen LogP contribution in [-0.4, -0.2) is 43.5 Å². The van der Waals surface area contributed by atoms with Crippen LogP contribution in [0.25, 0.3) is 0 Å². The van der Waals surface area contributed by atoms with E-state index in [9.17, 15) is 9.59 Å². The van der Waals surface area contributed by atoms with Gasteiger partial charge >= 0.3 is 0 Å². The van der Waals surface area contributed by atoms with Crippen molar-refractivity contribution in [2.75, 3.05) is 26.4 Å². The Morgan fingerprint density at radius 3 is 2.81 bits per heavy atom. The number of nitrogens with zero attached hydrogens (tertiary/aromatic N) is 1. The summed E-state index contributed by atoms with van der Waals surface area (Å²) < 4.78 is 5.14. The molecule has 0 bridgehead atoms. The third-order valence-corrected chi connectivity index (χ3v) is 3.79. The zero-order chi connectivity index (χ0) is 15.4. The number of likely N-dealkylation sites (tertiary alicyclic amines) is 1. The number of nitrogens with two attached hydrogens (primary N) is 1. The molecule has 1 aromatic rings. The van der Waals surface area contributed by atoms with Gasteiger partial charge in [0.1, 0.15) is 11.8 Å². The molecule has 6 nitrogen and oxygen atoms in total. The van der Waals surface area contributed by atoms with Gasteiger partial charge in [-0.3, -0.25) is 9.59 Å². The molecule has 0 spiro atoms. The topological polar surface area (TPSA) is 84.7 Å². The number of benzene rings is 1. The summed E-state index contributed by atoms with van der Waals surface area (Å²) in [7, 11) is 3.10. The summed E-state index contributed by atoms with van der Waals surface area (Å²) in [5.41, 5.74) is 6.73. The second-order valence-corrected chi connectivity index (χ2v) is 5.08. The maximum absolute atomic E-state index is 12.7. The highest BCUT2D eigenvalue weighted by Gasteiger charge is 2.32. The Balaban J connectivity index is 2.26. The second-order valence-electron chi connectivity index (χ2n) is 5.08. The molecule has 0 saturated carbocycles. The molecule has 2 amide bonds. The van der Waals surface area contributed by atoms with Gasteiger partial charge in [0.05, 0.1) is 12.8 Å². The summed E-state index contributed by atoms with van der Waals surface area (Å²) in [5.74, 6) is 0.182. The first-order valence-corrected chi connectivity index (χ1v) is 7.04. The molecule has 6 heteroatoms. The van der Waals surface area contributed by atoms with Gasteiger partial charge in [-0.15, -0.1) is 0 Å². The molecule has 1 saturated heterocycles. The van der Waals surface area contributed by atoms with Crippen molar-refractivity contribution in [3.05, 3.63) is 23.8 Å². The lowest BCUT2D eigenvalue weighted by Gasteiger charge is -2.34. The monoisotopic (exact) mass is 291 g/mol. The molecular weight excluding hydrogens is 270 g/mol. The number of rotatable bonds is 3. The summed E-state index contributed by atoms with van der Waals surface area (Å²) in [4.78, 5) is 26.2. The number of anilines is 1. The van der Waals surface area contributed by atoms with Gasteiger partial charge in [-0.2, -0.15) is 0 Å². The number of carbonyl (C=O) groups excluding carboxylic acids is 2. The van der Waals surface area contributed by atoms with Crippen LogP contribution >= 0.6 is 0 Å². The van der Waals surface area contributed by atoms with E-state index in [4.69, 9.17) is 10.5 Å². The van der Waals surface area contributed by atoms with Crippen molar-refractivity contribution in [2.45, 2.75) is 25.3 Å². The summed E-state index contributed by atoms with van der Waals surface area (Å²) in [6, 6.07) is 4.52. The van der Waals surface area contributed by atoms with Crippen molar-refractivity contribution < 1.29 is 14.3 Å². The van der Waals surface area contributed by atoms with E-state index in [2.05, 4.69) is 5.32 Å². The molecule has 0 aliphatic carbocycles. The van der Waals surface area contributed by atoms with Gasteiger partial charge in [-0.25, -0.2) is 0 Å². The Bertz CT molecular complexity index is 545. The lowest BCUT2D eigenvalue weighted by atomic mass is 10.00. The molecule has 1 aliphatic rings. The van der Waals surface area contributed by atoms with Crippen molar-refractivity contribution in [1.29, 1.82) is 0 Å². The van der Waals surface area contributed by atoms with E-state index < -0.39 is 6.04 Å². The number of hydrogen-bond acceptors (Lipinski definition) is 4. The van der Waals surface area contributed by atoms with Crippen molar-refractivity contribution in [1.82, 2.24) is 10.2 Å². The first-order valence-electron chi connectivity index (χ1n) is 7.04. The summed E-state index contributed by atoms with van der Waals surface area (Å²) in [6.45, 7) is 0.587. The lowest BCUT2D eigenvalue weighted by molar-refractivity contribution is -0.126. The number of likely N-dealkylation sites (N-methyl/N-ethyl adjacent to an activating group) is 1. The van der Waals surface area contributed by atoms with Crippen molar-refractivity contribution in [2.24, 2.45) is 0 Å². The van der Waals surface area contributed by atoms with E-state index >= 15 is 0 Å². The van der Waals surface area contributed by atoms with Crippen LogP contribution in [0.3, 0.4) is 0 Å². The lowest BCUT2D eigenvalue weighted by Crippen LogP contribution is -2.51. The second kappa shape index (κ2) is 6.47. The Hall–Kier alpha value is -2.24. The minimum atomic E-state index is -0.403. The molecule has 3 N–H and O–H groups in total. The highest BCUT2D eigenvalue weighted by atomic mass is 16.5. The van der Waals surface area contributed by atoms with E-state index in [0.717, 1.165) is 12.8 Å². The predicted octanol–water partition coefficient (Wildman–Crippen LogP) is 1.02. The number of nitrogen functional groups attached to an aromatic ring is 1. The number of piperidine rings is 1. The van der Waals surface area contributed by atoms with Crippen LogP contribution in [-0.2, 0) is 4.79 Å². The normalized spacial score (nSPS) is 18.2. The maximum atomic E-state index is 12.7. The van der Waals surface area contributed by atoms with Crippen LogP contribution in [0, 0.1) is 0 Å². The van der Waals surface area contributed by atoms with Crippen LogP contribution in [0.4, 0.5) is 5.69 Å². The zero-order valence-corrected chi connectivity index (χ0v) is 12.4. The fraction of sp³-hybridized carbons (Fsp3) is 0.467. The molecule has 0 radical (unpaired) electrons. The smallest absolute Gasteiger partial charge is 0.254 e. The van der Waals surface area contributed by atoms with Gasteiger partial charge in [0.15, 0.2) is 0 Å². The Labute approximate surface area is 124 Å². The SMILES string of the molecule is CNC(=O)C1CCCCN1C(=O)c1ccc(N)c(OC)c1. The van der Waals surface area contributed by atoms with E-state index in [1.165, 1.54) is 7.11 Å². The van der Waals surface area contributed by atoms with E-state index in [1.54, 1.807) is 30.1 Å². The van der Waals surface area contributed by atoms with Gasteiger partial charge in [0.25, 0.3) is 5.91 Å². The number of amides is 2. The van der Waals surface area contributed by atoms with Gasteiger partial charge in [0, 0.05) is 19.2 Å². The van der Waals surface area contributed by atoms with Gasteiger partial charge in [-0.1, -0.05) is 0 Å². The predicted molar refractivity (Wildman–Crippen MR) is 80.1 cm³/mol. The van der Waals surface area contributed by atoms with E-state index in [-0.39, 0.29) is 11.8 Å². The Morgan fingerprint density at radius 1 is 1.38 bits per heavy atom. The highest BCUT2D eigenvalue weighted by molar-refractivity contribution is 5.98. The van der Waals surface area contributed by atoms with Crippen LogP contribution in [0.5, 0.6) is 5.75 Å². The van der Waals surface area contributed by atoms with Gasteiger partial charge in [-0.05, 0) is 37.5 Å². The highest BCUT2D eigenvalue weighted by Crippen LogP contribution is 2.25. The molecule has 1 fully saturated rings. The van der Waals surface area contributed by atoms with E-state index in [1.807, 2.05) is 0 Å². The first-order chi connectivity index (χ1) is 10.1.